The minimum Gasteiger partial charge on any atom is -0.388 e. The summed E-state index contributed by atoms with van der Waals surface area (Å²) in [5, 5.41) is 24.2. The van der Waals surface area contributed by atoms with Crippen molar-refractivity contribution in [3.05, 3.63) is 41.3 Å². The number of aliphatic hydroxyl groups is 1. The van der Waals surface area contributed by atoms with E-state index in [1.165, 1.54) is 35.4 Å². The molecule has 1 aliphatic carbocycles. The summed E-state index contributed by atoms with van der Waals surface area (Å²) in [6.07, 6.45) is 6.44. The van der Waals surface area contributed by atoms with Crippen LogP contribution in [0.25, 0.3) is 10.9 Å². The zero-order chi connectivity index (χ0) is 19.2. The van der Waals surface area contributed by atoms with Crippen LogP contribution in [0.5, 0.6) is 0 Å². The molecule has 0 saturated heterocycles. The van der Waals surface area contributed by atoms with Crippen molar-refractivity contribution >= 4 is 38.2 Å². The fourth-order valence-electron chi connectivity index (χ4n) is 3.20. The number of rotatable bonds is 5. The van der Waals surface area contributed by atoms with Crippen molar-refractivity contribution in [2.45, 2.75) is 36.3 Å². The molecule has 2 heterocycles. The van der Waals surface area contributed by atoms with Crippen molar-refractivity contribution in [3.8, 4) is 6.07 Å². The predicted octanol–water partition coefficient (Wildman–Crippen LogP) is 2.61. The second-order valence-corrected chi connectivity index (χ2v) is 8.81. The van der Waals surface area contributed by atoms with Crippen LogP contribution in [0.2, 0.25) is 5.02 Å². The molecule has 0 amide bonds. The van der Waals surface area contributed by atoms with E-state index >= 15 is 0 Å². The minimum absolute atomic E-state index is 0.0133. The van der Waals surface area contributed by atoms with Crippen molar-refractivity contribution in [2.24, 2.45) is 0 Å². The zero-order valence-electron chi connectivity index (χ0n) is 14.1. The first-order valence-electron chi connectivity index (χ1n) is 8.29. The monoisotopic (exact) mass is 405 g/mol. The molecule has 1 aromatic carbocycles. The first-order chi connectivity index (χ1) is 12.8. The van der Waals surface area contributed by atoms with E-state index in [1.54, 1.807) is 0 Å². The van der Waals surface area contributed by atoms with Crippen LogP contribution >= 0.6 is 11.6 Å². The molecule has 1 fully saturated rings. The van der Waals surface area contributed by atoms with Gasteiger partial charge >= 0.3 is 0 Å². The third kappa shape index (κ3) is 3.16. The molecule has 0 aliphatic heterocycles. The van der Waals surface area contributed by atoms with E-state index in [4.69, 9.17) is 11.6 Å². The van der Waals surface area contributed by atoms with Crippen LogP contribution in [0.4, 0.5) is 5.69 Å². The van der Waals surface area contributed by atoms with Crippen molar-refractivity contribution in [1.82, 2.24) is 14.8 Å². The smallest absolute Gasteiger partial charge is 0.265 e. The van der Waals surface area contributed by atoms with E-state index < -0.39 is 15.6 Å². The zero-order valence-corrected chi connectivity index (χ0v) is 15.7. The fraction of sp³-hybridized carbons (Fsp3) is 0.294. The molecule has 3 N–H and O–H groups in total. The molecular weight excluding hydrogens is 390 g/mol. The molecule has 10 heteroatoms. The van der Waals surface area contributed by atoms with Crippen LogP contribution in [0.1, 0.15) is 24.8 Å². The molecule has 8 nitrogen and oxygen atoms in total. The van der Waals surface area contributed by atoms with Gasteiger partial charge in [-0.2, -0.15) is 10.4 Å². The SMILES string of the molecule is N#Cc1c[nH]c2c(NS(=O)(=O)c3cnn(CC4(O)CCC4)c3)ccc(Cl)c12. The van der Waals surface area contributed by atoms with Crippen molar-refractivity contribution in [3.63, 3.8) is 0 Å². The summed E-state index contributed by atoms with van der Waals surface area (Å²) < 4.78 is 29.4. The largest absolute Gasteiger partial charge is 0.388 e. The lowest BCUT2D eigenvalue weighted by Crippen LogP contribution is -2.41. The molecule has 2 aromatic heterocycles. The van der Waals surface area contributed by atoms with Gasteiger partial charge in [0, 0.05) is 17.8 Å². The number of fused-ring (bicyclic) bond motifs is 1. The number of benzene rings is 1. The maximum absolute atomic E-state index is 12.7. The number of sulfonamides is 1. The van der Waals surface area contributed by atoms with Gasteiger partial charge in [0.25, 0.3) is 10.0 Å². The third-order valence-electron chi connectivity index (χ3n) is 4.81. The Labute approximate surface area is 160 Å². The summed E-state index contributed by atoms with van der Waals surface area (Å²) in [5.41, 5.74) is 0.235. The Hall–Kier alpha value is -2.54. The van der Waals surface area contributed by atoms with Gasteiger partial charge in [-0.05, 0) is 31.4 Å². The predicted molar refractivity (Wildman–Crippen MR) is 99.9 cm³/mol. The van der Waals surface area contributed by atoms with Crippen molar-refractivity contribution < 1.29 is 13.5 Å². The van der Waals surface area contributed by atoms with Gasteiger partial charge in [0.1, 0.15) is 11.0 Å². The van der Waals surface area contributed by atoms with E-state index in [-0.39, 0.29) is 17.1 Å². The number of nitrogens with zero attached hydrogens (tertiary/aromatic N) is 3. The normalized spacial score (nSPS) is 16.0. The van der Waals surface area contributed by atoms with Crippen LogP contribution in [-0.4, -0.2) is 33.9 Å². The number of nitriles is 1. The summed E-state index contributed by atoms with van der Waals surface area (Å²) in [6, 6.07) is 5.08. The number of hydrogen-bond acceptors (Lipinski definition) is 5. The van der Waals surface area contributed by atoms with Crippen molar-refractivity contribution in [2.75, 3.05) is 4.72 Å². The Morgan fingerprint density at radius 1 is 1.44 bits per heavy atom. The van der Waals surface area contributed by atoms with E-state index in [0.717, 1.165) is 6.42 Å². The lowest BCUT2D eigenvalue weighted by Gasteiger charge is -2.36. The lowest BCUT2D eigenvalue weighted by molar-refractivity contribution is -0.0498. The maximum Gasteiger partial charge on any atom is 0.265 e. The number of halogens is 1. The molecule has 3 aromatic rings. The van der Waals surface area contributed by atoms with E-state index in [1.807, 2.05) is 6.07 Å². The molecule has 0 radical (unpaired) electrons. The highest BCUT2D eigenvalue weighted by molar-refractivity contribution is 7.92. The molecule has 0 unspecified atom stereocenters. The molecular formula is C17H16ClN5O3S. The number of anilines is 1. The molecule has 0 bridgehead atoms. The number of aromatic amines is 1. The second kappa shape index (κ2) is 6.27. The van der Waals surface area contributed by atoms with Gasteiger partial charge in [-0.25, -0.2) is 8.42 Å². The number of aromatic nitrogens is 3. The molecule has 27 heavy (non-hydrogen) atoms. The van der Waals surface area contributed by atoms with Gasteiger partial charge < -0.3 is 10.1 Å². The Morgan fingerprint density at radius 2 is 2.22 bits per heavy atom. The Morgan fingerprint density at radius 3 is 2.89 bits per heavy atom. The van der Waals surface area contributed by atoms with Crippen LogP contribution in [0.15, 0.2) is 35.6 Å². The third-order valence-corrected chi connectivity index (χ3v) is 6.44. The molecule has 0 atom stereocenters. The Kier molecular flexibility index (Phi) is 4.14. The van der Waals surface area contributed by atoms with E-state index in [0.29, 0.717) is 34.3 Å². The van der Waals surface area contributed by atoms with E-state index in [9.17, 15) is 18.8 Å². The summed E-state index contributed by atoms with van der Waals surface area (Å²) in [5.74, 6) is 0. The standard InChI is InChI=1S/C17H16ClN5O3S/c18-13-2-3-14(16-15(13)11(6-19)7-20-16)22-27(25,26)12-8-21-23(9-12)10-17(24)4-1-5-17/h2-3,7-9,20,22,24H,1,4-5,10H2. The van der Waals surface area contributed by atoms with Gasteiger partial charge in [0.15, 0.2) is 0 Å². The molecule has 1 saturated carbocycles. The first-order valence-corrected chi connectivity index (χ1v) is 10.1. The highest BCUT2D eigenvalue weighted by Crippen LogP contribution is 2.34. The number of hydrogen-bond donors (Lipinski definition) is 3. The topological polar surface area (TPSA) is 124 Å². The molecule has 140 valence electrons. The second-order valence-electron chi connectivity index (χ2n) is 6.72. The molecule has 1 aliphatic rings. The van der Waals surface area contributed by atoms with Crippen LogP contribution < -0.4 is 4.72 Å². The van der Waals surface area contributed by atoms with Gasteiger partial charge in [0.05, 0.1) is 40.1 Å². The quantitative estimate of drug-likeness (QED) is 0.601. The average molecular weight is 406 g/mol. The van der Waals surface area contributed by atoms with E-state index in [2.05, 4.69) is 14.8 Å². The minimum atomic E-state index is -3.90. The summed E-state index contributed by atoms with van der Waals surface area (Å²) in [6.45, 7) is 0.260. The molecule has 0 spiro atoms. The number of H-pyrrole nitrogens is 1. The lowest BCUT2D eigenvalue weighted by atomic mass is 9.80. The van der Waals surface area contributed by atoms with Gasteiger partial charge in [-0.15, -0.1) is 0 Å². The number of nitrogens with one attached hydrogen (secondary N) is 2. The first kappa shape index (κ1) is 17.9. The molecule has 4 rings (SSSR count). The highest BCUT2D eigenvalue weighted by Gasteiger charge is 2.35. The average Bonchev–Trinajstić information content (AvgIpc) is 3.23. The summed E-state index contributed by atoms with van der Waals surface area (Å²) in [4.78, 5) is 2.87. The van der Waals surface area contributed by atoms with Crippen LogP contribution in [0.3, 0.4) is 0 Å². The van der Waals surface area contributed by atoms with Gasteiger partial charge in [-0.3, -0.25) is 9.40 Å². The van der Waals surface area contributed by atoms with Gasteiger partial charge in [0.2, 0.25) is 0 Å². The Balaban J connectivity index is 1.64. The Bertz CT molecular complexity index is 1170. The maximum atomic E-state index is 12.7. The van der Waals surface area contributed by atoms with Crippen LogP contribution in [0, 0.1) is 11.3 Å². The summed E-state index contributed by atoms with van der Waals surface area (Å²) in [7, 11) is -3.90. The van der Waals surface area contributed by atoms with Crippen molar-refractivity contribution in [1.29, 1.82) is 5.26 Å². The van der Waals surface area contributed by atoms with Gasteiger partial charge in [-0.1, -0.05) is 11.6 Å². The van der Waals surface area contributed by atoms with Crippen LogP contribution in [-0.2, 0) is 16.6 Å². The fourth-order valence-corrected chi connectivity index (χ4v) is 4.48. The highest BCUT2D eigenvalue weighted by atomic mass is 35.5. The summed E-state index contributed by atoms with van der Waals surface area (Å²) >= 11 is 6.14.